The quantitative estimate of drug-likeness (QED) is 0.195. The maximum absolute atomic E-state index is 13.6. The molecule has 0 spiro atoms. The molecule has 3 aromatic heterocycles. The van der Waals surface area contributed by atoms with Gasteiger partial charge in [0, 0.05) is 24.2 Å². The van der Waals surface area contributed by atoms with Gasteiger partial charge < -0.3 is 14.2 Å². The first-order valence-electron chi connectivity index (χ1n) is 12.8. The monoisotopic (exact) mass is 598 g/mol. The van der Waals surface area contributed by atoms with E-state index < -0.39 is 35.4 Å². The standard InChI is InChI=1S/C28H30N4O7S2/c1-4-14-40(35,36)26-23-17-20(19-8-11-29-12-9-19)10-13-32(23)25(27(26)41(37,38)15-5-2)28(34)31-30-18-21-16-22(39-3)6-7-24(21)33/h6-13,16-18,33H,4-5,14-15H2,1-3H3,(H,31,34)/b30-18+. The van der Waals surface area contributed by atoms with E-state index in [1.807, 2.05) is 0 Å². The molecule has 0 unspecified atom stereocenters. The molecule has 3 heterocycles. The van der Waals surface area contributed by atoms with Gasteiger partial charge in [-0.3, -0.25) is 9.78 Å². The zero-order valence-corrected chi connectivity index (χ0v) is 24.4. The number of hydrazone groups is 1. The van der Waals surface area contributed by atoms with Gasteiger partial charge in [0.25, 0.3) is 5.91 Å². The molecule has 0 fully saturated rings. The second kappa shape index (κ2) is 12.1. The molecule has 0 aliphatic heterocycles. The van der Waals surface area contributed by atoms with Crippen molar-refractivity contribution in [1.29, 1.82) is 0 Å². The average Bonchev–Trinajstić information content (AvgIpc) is 3.31. The number of aromatic hydroxyl groups is 1. The average molecular weight is 599 g/mol. The van der Waals surface area contributed by atoms with Crippen LogP contribution in [0.25, 0.3) is 16.6 Å². The molecule has 41 heavy (non-hydrogen) atoms. The van der Waals surface area contributed by atoms with Crippen LogP contribution in [0.4, 0.5) is 0 Å². The molecule has 0 aliphatic rings. The lowest BCUT2D eigenvalue weighted by Crippen LogP contribution is -2.23. The Labute approximate surface area is 238 Å². The lowest BCUT2D eigenvalue weighted by Gasteiger charge is -2.09. The van der Waals surface area contributed by atoms with Crippen LogP contribution in [-0.2, 0) is 19.7 Å². The summed E-state index contributed by atoms with van der Waals surface area (Å²) in [5.74, 6) is -1.30. The third-order valence-corrected chi connectivity index (χ3v) is 10.3. The lowest BCUT2D eigenvalue weighted by molar-refractivity contribution is 0.0945. The highest BCUT2D eigenvalue weighted by molar-refractivity contribution is 7.94. The number of sulfone groups is 2. The minimum absolute atomic E-state index is 0.0574. The Morgan fingerprint density at radius 2 is 1.63 bits per heavy atom. The van der Waals surface area contributed by atoms with Crippen molar-refractivity contribution in [2.24, 2.45) is 5.10 Å². The molecule has 0 aliphatic carbocycles. The Balaban J connectivity index is 1.95. The van der Waals surface area contributed by atoms with Crippen molar-refractivity contribution in [3.05, 3.63) is 72.3 Å². The maximum atomic E-state index is 13.6. The highest BCUT2D eigenvalue weighted by Crippen LogP contribution is 2.36. The number of benzene rings is 1. The van der Waals surface area contributed by atoms with E-state index in [1.54, 1.807) is 56.6 Å². The van der Waals surface area contributed by atoms with E-state index in [4.69, 9.17) is 4.74 Å². The third kappa shape index (κ3) is 6.10. The van der Waals surface area contributed by atoms with Crippen molar-refractivity contribution >= 4 is 37.3 Å². The Morgan fingerprint density at radius 1 is 0.976 bits per heavy atom. The maximum Gasteiger partial charge on any atom is 0.289 e. The topological polar surface area (TPSA) is 156 Å². The summed E-state index contributed by atoms with van der Waals surface area (Å²) in [6.07, 6.45) is 6.25. The second-order valence-electron chi connectivity index (χ2n) is 9.18. The van der Waals surface area contributed by atoms with E-state index in [2.05, 4.69) is 15.5 Å². The minimum atomic E-state index is -4.23. The van der Waals surface area contributed by atoms with Gasteiger partial charge >= 0.3 is 0 Å². The van der Waals surface area contributed by atoms with Gasteiger partial charge in [0.2, 0.25) is 0 Å². The van der Waals surface area contributed by atoms with Gasteiger partial charge in [-0.1, -0.05) is 13.8 Å². The number of hydrogen-bond donors (Lipinski definition) is 2. The van der Waals surface area contributed by atoms with Gasteiger partial charge in [0.1, 0.15) is 27.0 Å². The van der Waals surface area contributed by atoms with Crippen LogP contribution >= 0.6 is 0 Å². The number of amides is 1. The number of ether oxygens (including phenoxy) is 1. The van der Waals surface area contributed by atoms with Gasteiger partial charge in [-0.25, -0.2) is 22.3 Å². The Hall–Kier alpha value is -4.23. The van der Waals surface area contributed by atoms with Crippen molar-refractivity contribution < 1.29 is 31.5 Å². The molecular weight excluding hydrogens is 568 g/mol. The molecule has 0 saturated carbocycles. The molecule has 0 atom stereocenters. The normalized spacial score (nSPS) is 12.2. The fraction of sp³-hybridized carbons (Fsp3) is 0.250. The van der Waals surface area contributed by atoms with Crippen molar-refractivity contribution in [1.82, 2.24) is 14.8 Å². The molecule has 0 radical (unpaired) electrons. The number of phenols is 1. The number of carbonyl (C=O) groups is 1. The van der Waals surface area contributed by atoms with Crippen molar-refractivity contribution in [3.8, 4) is 22.6 Å². The number of nitrogens with one attached hydrogen (secondary N) is 1. The summed E-state index contributed by atoms with van der Waals surface area (Å²) in [6.45, 7) is 3.33. The summed E-state index contributed by atoms with van der Waals surface area (Å²) in [4.78, 5) is 16.6. The molecule has 0 saturated heterocycles. The summed E-state index contributed by atoms with van der Waals surface area (Å²) < 4.78 is 60.8. The van der Waals surface area contributed by atoms with Gasteiger partial charge in [0.15, 0.2) is 19.7 Å². The molecular formula is C28H30N4O7S2. The van der Waals surface area contributed by atoms with E-state index in [0.29, 0.717) is 11.3 Å². The predicted molar refractivity (Wildman–Crippen MR) is 155 cm³/mol. The molecule has 4 rings (SSSR count). The highest BCUT2D eigenvalue weighted by atomic mass is 32.2. The first-order chi connectivity index (χ1) is 19.5. The molecule has 0 bridgehead atoms. The third-order valence-electron chi connectivity index (χ3n) is 6.25. The second-order valence-corrected chi connectivity index (χ2v) is 13.3. The smallest absolute Gasteiger partial charge is 0.289 e. The van der Waals surface area contributed by atoms with Gasteiger partial charge in [0.05, 0.1) is 30.3 Å². The number of pyridine rings is 2. The van der Waals surface area contributed by atoms with E-state index in [0.717, 1.165) is 5.56 Å². The van der Waals surface area contributed by atoms with Crippen LogP contribution < -0.4 is 10.2 Å². The first kappa shape index (κ1) is 29.7. The largest absolute Gasteiger partial charge is 0.507 e. The summed E-state index contributed by atoms with van der Waals surface area (Å²) >= 11 is 0. The Kier molecular flexibility index (Phi) is 8.78. The molecule has 216 valence electrons. The highest BCUT2D eigenvalue weighted by Gasteiger charge is 2.37. The lowest BCUT2D eigenvalue weighted by atomic mass is 10.1. The fourth-order valence-electron chi connectivity index (χ4n) is 4.45. The number of phenolic OH excluding ortho intramolecular Hbond substituents is 1. The SMILES string of the molecule is CCCS(=O)(=O)c1c(S(=O)(=O)CCC)c2cc(-c3ccncc3)ccn2c1C(=O)N/N=C/c1cc(OC)ccc1O. The number of rotatable bonds is 11. The van der Waals surface area contributed by atoms with E-state index in [1.165, 1.54) is 36.1 Å². The van der Waals surface area contributed by atoms with Crippen LogP contribution in [0.1, 0.15) is 42.7 Å². The van der Waals surface area contributed by atoms with Gasteiger partial charge in [-0.2, -0.15) is 5.10 Å². The van der Waals surface area contributed by atoms with Crippen LogP contribution in [0.2, 0.25) is 0 Å². The Bertz CT molecular complexity index is 1830. The van der Waals surface area contributed by atoms with E-state index in [-0.39, 0.29) is 46.9 Å². The minimum Gasteiger partial charge on any atom is -0.507 e. The van der Waals surface area contributed by atoms with Crippen LogP contribution in [0.15, 0.2) is 75.9 Å². The molecule has 13 heteroatoms. The first-order valence-corrected chi connectivity index (χ1v) is 16.1. The van der Waals surface area contributed by atoms with Crippen molar-refractivity contribution in [2.75, 3.05) is 18.6 Å². The summed E-state index contributed by atoms with van der Waals surface area (Å²) in [5.41, 5.74) is 3.55. The van der Waals surface area contributed by atoms with Gasteiger partial charge in [-0.15, -0.1) is 0 Å². The van der Waals surface area contributed by atoms with E-state index in [9.17, 15) is 26.7 Å². The Morgan fingerprint density at radius 3 is 2.27 bits per heavy atom. The molecule has 4 aromatic rings. The van der Waals surface area contributed by atoms with Crippen LogP contribution in [-0.4, -0.2) is 62.1 Å². The summed E-state index contributed by atoms with van der Waals surface area (Å²) in [6, 6.07) is 11.1. The number of carbonyl (C=O) groups excluding carboxylic acids is 1. The fourth-order valence-corrected chi connectivity index (χ4v) is 8.42. The molecule has 2 N–H and O–H groups in total. The number of methoxy groups -OCH3 is 1. The van der Waals surface area contributed by atoms with E-state index >= 15 is 0 Å². The van der Waals surface area contributed by atoms with Gasteiger partial charge in [-0.05, 0) is 66.4 Å². The summed E-state index contributed by atoms with van der Waals surface area (Å²) in [7, 11) is -6.91. The van der Waals surface area contributed by atoms with Crippen molar-refractivity contribution in [3.63, 3.8) is 0 Å². The van der Waals surface area contributed by atoms with Crippen LogP contribution in [0.5, 0.6) is 11.5 Å². The number of nitrogens with zero attached hydrogens (tertiary/aromatic N) is 3. The molecule has 11 nitrogen and oxygen atoms in total. The molecule has 1 amide bonds. The number of hydrogen-bond acceptors (Lipinski definition) is 9. The zero-order chi connectivity index (χ0) is 29.8. The molecule has 1 aromatic carbocycles. The zero-order valence-electron chi connectivity index (χ0n) is 22.7. The number of fused-ring (bicyclic) bond motifs is 1. The summed E-state index contributed by atoms with van der Waals surface area (Å²) in [5, 5.41) is 14.0. The predicted octanol–water partition coefficient (Wildman–Crippen LogP) is 3.85. The van der Waals surface area contributed by atoms with Crippen molar-refractivity contribution in [2.45, 2.75) is 36.5 Å². The number of aromatic nitrogens is 2. The van der Waals surface area contributed by atoms with Crippen LogP contribution in [0, 0.1) is 0 Å². The van der Waals surface area contributed by atoms with Crippen LogP contribution in [0.3, 0.4) is 0 Å².